The lowest BCUT2D eigenvalue weighted by atomic mass is 9.81. The largest absolute Gasteiger partial charge is 0.490 e. The molecule has 0 atom stereocenters. The van der Waals surface area contributed by atoms with Crippen molar-refractivity contribution in [3.63, 3.8) is 0 Å². The highest BCUT2D eigenvalue weighted by atomic mass is 16.5. The van der Waals surface area contributed by atoms with Gasteiger partial charge in [-0.05, 0) is 64.3 Å². The molecule has 1 saturated heterocycles. The van der Waals surface area contributed by atoms with Gasteiger partial charge in [0.25, 0.3) is 5.91 Å². The number of hydrogen-bond donors (Lipinski definition) is 2. The van der Waals surface area contributed by atoms with Gasteiger partial charge >= 0.3 is 0 Å². The second kappa shape index (κ2) is 9.67. The minimum absolute atomic E-state index is 0.116. The third-order valence-electron chi connectivity index (χ3n) is 4.66. The molecule has 1 amide bonds. The lowest BCUT2D eigenvalue weighted by Crippen LogP contribution is -2.42. The van der Waals surface area contributed by atoms with Crippen LogP contribution in [-0.2, 0) is 0 Å². The first-order valence-electron chi connectivity index (χ1n) is 9.58. The Morgan fingerprint density at radius 1 is 1.04 bits per heavy atom. The number of amides is 1. The number of carbonyl (C=O) groups excluding carboxylic acids is 1. The van der Waals surface area contributed by atoms with E-state index in [2.05, 4.69) is 17.6 Å². The zero-order valence-electron chi connectivity index (χ0n) is 16.4. The summed E-state index contributed by atoms with van der Waals surface area (Å²) in [6.07, 6.45) is 2.12. The molecule has 1 heterocycles. The van der Waals surface area contributed by atoms with E-state index in [1.165, 1.54) is 0 Å². The second-order valence-electron chi connectivity index (χ2n) is 6.84. The average Bonchev–Trinajstić information content (AvgIpc) is 2.63. The molecule has 2 rings (SSSR count). The number of ether oxygens (including phenoxy) is 3. The normalized spacial score (nSPS) is 16.0. The summed E-state index contributed by atoms with van der Waals surface area (Å²) >= 11 is 0. The van der Waals surface area contributed by atoms with E-state index in [9.17, 15) is 4.79 Å². The number of rotatable bonds is 9. The maximum atomic E-state index is 12.7. The molecule has 2 N–H and O–H groups in total. The van der Waals surface area contributed by atoms with E-state index in [1.54, 1.807) is 12.1 Å². The smallest absolute Gasteiger partial charge is 0.251 e. The van der Waals surface area contributed by atoms with Crippen LogP contribution < -0.4 is 24.8 Å². The fourth-order valence-corrected chi connectivity index (χ4v) is 3.12. The Labute approximate surface area is 156 Å². The van der Waals surface area contributed by atoms with Gasteiger partial charge < -0.3 is 24.8 Å². The molecule has 0 spiro atoms. The van der Waals surface area contributed by atoms with E-state index < -0.39 is 0 Å². The molecule has 1 aliphatic heterocycles. The van der Waals surface area contributed by atoms with Crippen LogP contribution in [0.4, 0.5) is 0 Å². The standard InChI is InChI=1S/C20H32N2O4/c1-5-24-16-12-15(13-17(25-6-2)18(16)26-7-3)19(23)22-14-20(4)8-10-21-11-9-20/h12-13,21H,5-11,14H2,1-4H3,(H,22,23). The molecule has 1 fully saturated rings. The minimum Gasteiger partial charge on any atom is -0.490 e. The van der Waals surface area contributed by atoms with E-state index in [-0.39, 0.29) is 11.3 Å². The molecule has 146 valence electrons. The molecule has 6 heteroatoms. The summed E-state index contributed by atoms with van der Waals surface area (Å²) in [7, 11) is 0. The fraction of sp³-hybridized carbons (Fsp3) is 0.650. The molecular weight excluding hydrogens is 332 g/mol. The second-order valence-corrected chi connectivity index (χ2v) is 6.84. The summed E-state index contributed by atoms with van der Waals surface area (Å²) < 4.78 is 17.1. The van der Waals surface area contributed by atoms with Crippen molar-refractivity contribution in [1.29, 1.82) is 0 Å². The van der Waals surface area contributed by atoms with Crippen LogP contribution >= 0.6 is 0 Å². The number of carbonyl (C=O) groups is 1. The topological polar surface area (TPSA) is 68.8 Å². The molecule has 0 aromatic heterocycles. The maximum Gasteiger partial charge on any atom is 0.251 e. The van der Waals surface area contributed by atoms with Gasteiger partial charge in [0, 0.05) is 12.1 Å². The summed E-state index contributed by atoms with van der Waals surface area (Å²) in [5.74, 6) is 1.52. The summed E-state index contributed by atoms with van der Waals surface area (Å²) in [5.41, 5.74) is 0.662. The number of benzene rings is 1. The first-order chi connectivity index (χ1) is 12.5. The number of nitrogens with one attached hydrogen (secondary N) is 2. The third-order valence-corrected chi connectivity index (χ3v) is 4.66. The molecule has 6 nitrogen and oxygen atoms in total. The average molecular weight is 364 g/mol. The fourth-order valence-electron chi connectivity index (χ4n) is 3.12. The summed E-state index contributed by atoms with van der Waals surface area (Å²) in [6, 6.07) is 3.47. The van der Waals surface area contributed by atoms with Crippen molar-refractivity contribution in [1.82, 2.24) is 10.6 Å². The lowest BCUT2D eigenvalue weighted by molar-refractivity contribution is 0.0921. The van der Waals surface area contributed by atoms with Gasteiger partial charge in [-0.1, -0.05) is 6.92 Å². The van der Waals surface area contributed by atoms with Gasteiger partial charge in [-0.25, -0.2) is 0 Å². The van der Waals surface area contributed by atoms with E-state index in [1.807, 2.05) is 20.8 Å². The molecule has 0 unspecified atom stereocenters. The SMILES string of the molecule is CCOc1cc(C(=O)NCC2(C)CCNCC2)cc(OCC)c1OCC. The molecule has 0 aliphatic carbocycles. The molecule has 0 radical (unpaired) electrons. The van der Waals surface area contributed by atoms with Crippen molar-refractivity contribution >= 4 is 5.91 Å². The molecule has 0 saturated carbocycles. The van der Waals surface area contributed by atoms with Gasteiger partial charge in [0.1, 0.15) is 0 Å². The predicted molar refractivity (Wildman–Crippen MR) is 102 cm³/mol. The van der Waals surface area contributed by atoms with Crippen LogP contribution in [0.25, 0.3) is 0 Å². The van der Waals surface area contributed by atoms with Crippen LogP contribution in [0, 0.1) is 5.41 Å². The molecule has 1 aromatic rings. The van der Waals surface area contributed by atoms with E-state index >= 15 is 0 Å². The quantitative estimate of drug-likeness (QED) is 0.705. The van der Waals surface area contributed by atoms with Crippen molar-refractivity contribution in [2.75, 3.05) is 39.5 Å². The zero-order valence-corrected chi connectivity index (χ0v) is 16.4. The highest BCUT2D eigenvalue weighted by Gasteiger charge is 2.27. The van der Waals surface area contributed by atoms with Crippen molar-refractivity contribution < 1.29 is 19.0 Å². The molecule has 0 bridgehead atoms. The Kier molecular flexibility index (Phi) is 7.57. The van der Waals surface area contributed by atoms with Crippen molar-refractivity contribution in [3.05, 3.63) is 17.7 Å². The van der Waals surface area contributed by atoms with Gasteiger partial charge in [0.2, 0.25) is 5.75 Å². The van der Waals surface area contributed by atoms with Crippen LogP contribution in [0.15, 0.2) is 12.1 Å². The first kappa shape index (κ1) is 20.4. The van der Waals surface area contributed by atoms with Gasteiger partial charge in [0.15, 0.2) is 11.5 Å². The van der Waals surface area contributed by atoms with Crippen LogP contribution in [0.2, 0.25) is 0 Å². The van der Waals surface area contributed by atoms with Crippen LogP contribution in [0.1, 0.15) is 50.9 Å². The number of piperidine rings is 1. The number of hydrogen-bond acceptors (Lipinski definition) is 5. The van der Waals surface area contributed by atoms with Crippen molar-refractivity contribution in [2.24, 2.45) is 5.41 Å². The highest BCUT2D eigenvalue weighted by molar-refractivity contribution is 5.95. The highest BCUT2D eigenvalue weighted by Crippen LogP contribution is 2.39. The summed E-state index contributed by atoms with van der Waals surface area (Å²) in [4.78, 5) is 12.7. The first-order valence-corrected chi connectivity index (χ1v) is 9.58. The van der Waals surface area contributed by atoms with Gasteiger partial charge in [-0.15, -0.1) is 0 Å². The van der Waals surface area contributed by atoms with Gasteiger partial charge in [0.05, 0.1) is 19.8 Å². The minimum atomic E-state index is -0.116. The molecule has 1 aromatic carbocycles. The summed E-state index contributed by atoms with van der Waals surface area (Å²) in [5, 5.41) is 6.44. The van der Waals surface area contributed by atoms with E-state index in [4.69, 9.17) is 14.2 Å². The van der Waals surface area contributed by atoms with E-state index in [0.717, 1.165) is 25.9 Å². The van der Waals surface area contributed by atoms with Crippen LogP contribution in [0.3, 0.4) is 0 Å². The third kappa shape index (κ3) is 5.27. The Morgan fingerprint density at radius 3 is 2.08 bits per heavy atom. The lowest BCUT2D eigenvalue weighted by Gasteiger charge is -2.34. The predicted octanol–water partition coefficient (Wildman–Crippen LogP) is 3.00. The van der Waals surface area contributed by atoms with Crippen molar-refractivity contribution in [2.45, 2.75) is 40.5 Å². The molecule has 1 aliphatic rings. The monoisotopic (exact) mass is 364 g/mol. The Bertz CT molecular complexity index is 570. The van der Waals surface area contributed by atoms with Crippen LogP contribution in [0.5, 0.6) is 17.2 Å². The molecule has 26 heavy (non-hydrogen) atoms. The summed E-state index contributed by atoms with van der Waals surface area (Å²) in [6.45, 7) is 12.1. The van der Waals surface area contributed by atoms with Gasteiger partial charge in [-0.2, -0.15) is 0 Å². The van der Waals surface area contributed by atoms with Crippen LogP contribution in [-0.4, -0.2) is 45.4 Å². The molecular formula is C20H32N2O4. The Hall–Kier alpha value is -1.95. The maximum absolute atomic E-state index is 12.7. The van der Waals surface area contributed by atoms with Gasteiger partial charge in [-0.3, -0.25) is 4.79 Å². The zero-order chi connectivity index (χ0) is 19.0. The van der Waals surface area contributed by atoms with E-state index in [0.29, 0.717) is 49.2 Å². The Balaban J connectivity index is 2.19. The Morgan fingerprint density at radius 2 is 1.58 bits per heavy atom. The van der Waals surface area contributed by atoms with Crippen molar-refractivity contribution in [3.8, 4) is 17.2 Å².